The Morgan fingerprint density at radius 2 is 1.90 bits per heavy atom. The average Bonchev–Trinajstić information content (AvgIpc) is 3.18. The van der Waals surface area contributed by atoms with Gasteiger partial charge in [-0.05, 0) is 69.0 Å². The van der Waals surface area contributed by atoms with Crippen LogP contribution in [-0.4, -0.2) is 38.9 Å². The van der Waals surface area contributed by atoms with E-state index in [1.54, 1.807) is 10.6 Å². The van der Waals surface area contributed by atoms with E-state index in [9.17, 15) is 4.79 Å². The summed E-state index contributed by atoms with van der Waals surface area (Å²) in [7, 11) is 0. The zero-order valence-corrected chi connectivity index (χ0v) is 16.8. The quantitative estimate of drug-likeness (QED) is 0.579. The highest BCUT2D eigenvalue weighted by molar-refractivity contribution is 5.83. The lowest BCUT2D eigenvalue weighted by molar-refractivity contribution is 0.215. The number of benzene rings is 1. The molecule has 5 nitrogen and oxygen atoms in total. The third-order valence-electron chi connectivity index (χ3n) is 6.36. The monoisotopic (exact) mass is 386 g/mol. The van der Waals surface area contributed by atoms with Crippen LogP contribution in [0.4, 0.5) is 0 Å². The third kappa shape index (κ3) is 3.36. The molecular weight excluding hydrogens is 360 g/mol. The van der Waals surface area contributed by atoms with Gasteiger partial charge in [0.1, 0.15) is 5.65 Å². The Labute approximate surface area is 170 Å². The van der Waals surface area contributed by atoms with E-state index in [2.05, 4.69) is 45.3 Å². The molecule has 1 N–H and O–H groups in total. The number of piperidine rings is 1. The van der Waals surface area contributed by atoms with Crippen LogP contribution in [0.15, 0.2) is 59.7 Å². The number of nitrogens with one attached hydrogen (secondary N) is 1. The van der Waals surface area contributed by atoms with Gasteiger partial charge < -0.3 is 9.88 Å². The number of fused-ring (bicyclic) bond motifs is 2. The van der Waals surface area contributed by atoms with Gasteiger partial charge in [-0.3, -0.25) is 9.20 Å². The molecule has 0 unspecified atom stereocenters. The minimum atomic E-state index is 0.0711. The van der Waals surface area contributed by atoms with E-state index in [0.29, 0.717) is 5.92 Å². The van der Waals surface area contributed by atoms with Crippen LogP contribution in [-0.2, 0) is 6.42 Å². The summed E-state index contributed by atoms with van der Waals surface area (Å²) in [4.78, 5) is 23.4. The summed E-state index contributed by atoms with van der Waals surface area (Å²) in [6.07, 6.45) is 7.08. The Morgan fingerprint density at radius 1 is 1.10 bits per heavy atom. The van der Waals surface area contributed by atoms with Crippen molar-refractivity contribution < 1.29 is 0 Å². The highest BCUT2D eigenvalue weighted by atomic mass is 16.1. The third-order valence-corrected chi connectivity index (χ3v) is 6.36. The lowest BCUT2D eigenvalue weighted by Crippen LogP contribution is -2.35. The number of hydrogen-bond acceptors (Lipinski definition) is 3. The Hall–Kier alpha value is -2.92. The van der Waals surface area contributed by atoms with Crippen LogP contribution in [0.3, 0.4) is 0 Å². The predicted molar refractivity (Wildman–Crippen MR) is 117 cm³/mol. The number of hydrogen-bond donors (Lipinski definition) is 1. The molecule has 3 aromatic heterocycles. The number of para-hydroxylation sites is 1. The minimum Gasteiger partial charge on any atom is -0.361 e. The van der Waals surface area contributed by atoms with Crippen molar-refractivity contribution in [1.82, 2.24) is 19.3 Å². The van der Waals surface area contributed by atoms with E-state index >= 15 is 0 Å². The molecular formula is C24H26N4O. The molecule has 29 heavy (non-hydrogen) atoms. The summed E-state index contributed by atoms with van der Waals surface area (Å²) in [6, 6.07) is 14.2. The summed E-state index contributed by atoms with van der Waals surface area (Å²) in [5, 5.41) is 1.36. The number of aryl methyl sites for hydroxylation is 1. The number of aromatic amines is 1. The van der Waals surface area contributed by atoms with E-state index < -0.39 is 0 Å². The fourth-order valence-electron chi connectivity index (χ4n) is 4.69. The van der Waals surface area contributed by atoms with E-state index in [0.717, 1.165) is 55.8 Å². The second-order valence-corrected chi connectivity index (χ2v) is 8.07. The molecule has 4 heterocycles. The Bertz CT molecular complexity index is 1210. The van der Waals surface area contributed by atoms with Gasteiger partial charge in [0.15, 0.2) is 0 Å². The molecule has 0 radical (unpaired) electrons. The maximum Gasteiger partial charge on any atom is 0.261 e. The molecule has 0 amide bonds. The standard InChI is InChI=1S/C24H26N4O/c1-17-19(24(29)28-12-5-4-8-23(28)26-17)11-15-27-13-9-18(10-14-27)21-16-25-22-7-3-2-6-20(21)22/h2-8,12,16,18,25H,9-11,13-15H2,1H3. The van der Waals surface area contributed by atoms with Crippen LogP contribution in [0.1, 0.15) is 35.6 Å². The highest BCUT2D eigenvalue weighted by Crippen LogP contribution is 2.33. The van der Waals surface area contributed by atoms with Crippen LogP contribution < -0.4 is 5.56 Å². The van der Waals surface area contributed by atoms with Crippen LogP contribution in [0.5, 0.6) is 0 Å². The molecule has 0 spiro atoms. The molecule has 1 aliphatic heterocycles. The van der Waals surface area contributed by atoms with Gasteiger partial charge in [-0.15, -0.1) is 0 Å². The average molecular weight is 386 g/mol. The zero-order chi connectivity index (χ0) is 19.8. The molecule has 4 aromatic rings. The lowest BCUT2D eigenvalue weighted by atomic mass is 9.89. The van der Waals surface area contributed by atoms with Crippen molar-refractivity contribution in [2.24, 2.45) is 0 Å². The molecule has 148 valence electrons. The summed E-state index contributed by atoms with van der Waals surface area (Å²) in [6.45, 7) is 5.02. The number of likely N-dealkylation sites (tertiary alicyclic amines) is 1. The molecule has 0 bridgehead atoms. The van der Waals surface area contributed by atoms with Crippen molar-refractivity contribution in [3.8, 4) is 0 Å². The normalized spacial score (nSPS) is 16.0. The highest BCUT2D eigenvalue weighted by Gasteiger charge is 2.23. The van der Waals surface area contributed by atoms with E-state index in [-0.39, 0.29) is 5.56 Å². The number of rotatable bonds is 4. The first kappa shape index (κ1) is 18.1. The molecule has 0 saturated carbocycles. The fraction of sp³-hybridized carbons (Fsp3) is 0.333. The van der Waals surface area contributed by atoms with Crippen LogP contribution in [0.25, 0.3) is 16.6 Å². The van der Waals surface area contributed by atoms with Crippen molar-refractivity contribution >= 4 is 16.6 Å². The van der Waals surface area contributed by atoms with Gasteiger partial charge in [0.25, 0.3) is 5.56 Å². The molecule has 0 atom stereocenters. The summed E-state index contributed by atoms with van der Waals surface area (Å²) < 4.78 is 1.66. The van der Waals surface area contributed by atoms with Crippen LogP contribution in [0.2, 0.25) is 0 Å². The molecule has 5 rings (SSSR count). The van der Waals surface area contributed by atoms with Gasteiger partial charge in [-0.2, -0.15) is 0 Å². The maximum absolute atomic E-state index is 12.9. The van der Waals surface area contributed by atoms with Gasteiger partial charge >= 0.3 is 0 Å². The van der Waals surface area contributed by atoms with E-state index in [1.165, 1.54) is 16.5 Å². The second-order valence-electron chi connectivity index (χ2n) is 8.07. The van der Waals surface area contributed by atoms with Gasteiger partial charge in [0.05, 0.1) is 0 Å². The minimum absolute atomic E-state index is 0.0711. The maximum atomic E-state index is 12.9. The SMILES string of the molecule is Cc1nc2ccccn2c(=O)c1CCN1CCC(c2c[nH]c3ccccc23)CC1. The number of H-pyrrole nitrogens is 1. The topological polar surface area (TPSA) is 53.4 Å². The summed E-state index contributed by atoms with van der Waals surface area (Å²) in [5.74, 6) is 0.608. The number of pyridine rings is 1. The van der Waals surface area contributed by atoms with Crippen molar-refractivity contribution in [1.29, 1.82) is 0 Å². The largest absolute Gasteiger partial charge is 0.361 e. The van der Waals surface area contributed by atoms with Crippen molar-refractivity contribution in [2.45, 2.75) is 32.1 Å². The first-order valence-electron chi connectivity index (χ1n) is 10.5. The molecule has 1 fully saturated rings. The lowest BCUT2D eigenvalue weighted by Gasteiger charge is -2.32. The van der Waals surface area contributed by atoms with Gasteiger partial charge in [0, 0.05) is 41.1 Å². The van der Waals surface area contributed by atoms with Gasteiger partial charge in [-0.25, -0.2) is 4.98 Å². The molecule has 1 aromatic carbocycles. The summed E-state index contributed by atoms with van der Waals surface area (Å²) >= 11 is 0. The smallest absolute Gasteiger partial charge is 0.261 e. The van der Waals surface area contributed by atoms with E-state index in [1.807, 2.05) is 25.1 Å². The van der Waals surface area contributed by atoms with Crippen LogP contribution in [0, 0.1) is 6.92 Å². The molecule has 5 heteroatoms. The Balaban J connectivity index is 1.26. The number of aromatic nitrogens is 3. The number of nitrogens with zero attached hydrogens (tertiary/aromatic N) is 3. The van der Waals surface area contributed by atoms with Crippen molar-refractivity contribution in [3.63, 3.8) is 0 Å². The Kier molecular flexibility index (Phi) is 4.68. The first-order chi connectivity index (χ1) is 14.2. The fourth-order valence-corrected chi connectivity index (χ4v) is 4.69. The van der Waals surface area contributed by atoms with Gasteiger partial charge in [-0.1, -0.05) is 24.3 Å². The molecule has 0 aliphatic carbocycles. The molecule has 1 aliphatic rings. The van der Waals surface area contributed by atoms with Crippen LogP contribution >= 0.6 is 0 Å². The zero-order valence-electron chi connectivity index (χ0n) is 16.8. The van der Waals surface area contributed by atoms with Crippen molar-refractivity contribution in [2.75, 3.05) is 19.6 Å². The second kappa shape index (κ2) is 7.48. The Morgan fingerprint density at radius 3 is 2.76 bits per heavy atom. The predicted octanol–water partition coefficient (Wildman–Crippen LogP) is 3.91. The van der Waals surface area contributed by atoms with Gasteiger partial charge in [0.2, 0.25) is 0 Å². The van der Waals surface area contributed by atoms with E-state index in [4.69, 9.17) is 0 Å². The van der Waals surface area contributed by atoms with Crippen molar-refractivity contribution in [3.05, 3.63) is 82.0 Å². The first-order valence-corrected chi connectivity index (χ1v) is 10.5. The molecule has 1 saturated heterocycles. The summed E-state index contributed by atoms with van der Waals surface area (Å²) in [5.41, 5.74) is 5.17.